The zero-order valence-corrected chi connectivity index (χ0v) is 20.0. The van der Waals surface area contributed by atoms with Gasteiger partial charge in [-0.05, 0) is 68.1 Å². The minimum absolute atomic E-state index is 0.0126. The molecule has 2 aromatic carbocycles. The third kappa shape index (κ3) is 4.72. The molecule has 0 unspecified atom stereocenters. The second-order valence-corrected chi connectivity index (χ2v) is 10.3. The first-order valence-corrected chi connectivity index (χ1v) is 12.7. The van der Waals surface area contributed by atoms with Crippen LogP contribution in [-0.4, -0.2) is 60.8 Å². The van der Waals surface area contributed by atoms with Crippen LogP contribution < -0.4 is 19.1 Å². The Morgan fingerprint density at radius 1 is 1.00 bits per heavy atom. The van der Waals surface area contributed by atoms with Crippen LogP contribution >= 0.6 is 0 Å². The highest BCUT2D eigenvalue weighted by atomic mass is 32.2. The van der Waals surface area contributed by atoms with Crippen molar-refractivity contribution < 1.29 is 17.9 Å². The number of nitrogens with one attached hydrogen (secondary N) is 1. The number of ether oxygens (including phenoxy) is 2. The van der Waals surface area contributed by atoms with Gasteiger partial charge in [-0.1, -0.05) is 12.1 Å². The number of hydrogen-bond acceptors (Lipinski definition) is 6. The molecule has 2 aliphatic rings. The SMILES string of the molecule is COc1ccc(OC)c(S(=O)(=O)NC[C@H](c2ccc3c(c2)CCCN3C)N2CCCC2)c1. The molecule has 1 N–H and O–H groups in total. The van der Waals surface area contributed by atoms with Crippen LogP contribution in [0.4, 0.5) is 5.69 Å². The van der Waals surface area contributed by atoms with Gasteiger partial charge in [-0.15, -0.1) is 0 Å². The summed E-state index contributed by atoms with van der Waals surface area (Å²) in [5, 5.41) is 0. The molecule has 7 nitrogen and oxygen atoms in total. The van der Waals surface area contributed by atoms with Crippen LogP contribution in [0, 0.1) is 0 Å². The van der Waals surface area contributed by atoms with Crippen LogP contribution in [0.3, 0.4) is 0 Å². The summed E-state index contributed by atoms with van der Waals surface area (Å²) in [5.41, 5.74) is 3.79. The molecule has 1 atom stereocenters. The summed E-state index contributed by atoms with van der Waals surface area (Å²) in [4.78, 5) is 4.77. The number of benzene rings is 2. The summed E-state index contributed by atoms with van der Waals surface area (Å²) < 4.78 is 39.9. The van der Waals surface area contributed by atoms with Gasteiger partial charge < -0.3 is 14.4 Å². The molecule has 0 radical (unpaired) electrons. The number of fused-ring (bicyclic) bond motifs is 1. The molecule has 1 saturated heterocycles. The van der Waals surface area contributed by atoms with Gasteiger partial charge in [-0.2, -0.15) is 0 Å². The average Bonchev–Trinajstić information content (AvgIpc) is 3.33. The van der Waals surface area contributed by atoms with Gasteiger partial charge in [0.05, 0.1) is 14.2 Å². The molecule has 2 aromatic rings. The molecule has 8 heteroatoms. The monoisotopic (exact) mass is 459 g/mol. The lowest BCUT2D eigenvalue weighted by molar-refractivity contribution is 0.246. The molecule has 0 amide bonds. The predicted octanol–water partition coefficient (Wildman–Crippen LogP) is 3.20. The lowest BCUT2D eigenvalue weighted by Crippen LogP contribution is -2.37. The Morgan fingerprint density at radius 2 is 1.78 bits per heavy atom. The van der Waals surface area contributed by atoms with Crippen molar-refractivity contribution in [3.8, 4) is 11.5 Å². The molecular weight excluding hydrogens is 426 g/mol. The van der Waals surface area contributed by atoms with Gasteiger partial charge in [0.25, 0.3) is 0 Å². The van der Waals surface area contributed by atoms with Crippen LogP contribution in [0.15, 0.2) is 41.3 Å². The Bertz CT molecular complexity index is 1050. The van der Waals surface area contributed by atoms with E-state index in [0.717, 1.165) is 45.3 Å². The van der Waals surface area contributed by atoms with E-state index in [0.29, 0.717) is 18.0 Å². The Labute approximate surface area is 191 Å². The van der Waals surface area contributed by atoms with Crippen molar-refractivity contribution in [1.82, 2.24) is 9.62 Å². The van der Waals surface area contributed by atoms with E-state index in [1.807, 2.05) is 0 Å². The maximum absolute atomic E-state index is 13.2. The highest BCUT2D eigenvalue weighted by Gasteiger charge is 2.28. The highest BCUT2D eigenvalue weighted by molar-refractivity contribution is 7.89. The van der Waals surface area contributed by atoms with Crippen molar-refractivity contribution in [2.45, 2.75) is 36.6 Å². The lowest BCUT2D eigenvalue weighted by Gasteiger charge is -2.32. The fraction of sp³-hybridized carbons (Fsp3) is 0.500. The van der Waals surface area contributed by atoms with Gasteiger partial charge in [0, 0.05) is 37.9 Å². The maximum Gasteiger partial charge on any atom is 0.244 e. The van der Waals surface area contributed by atoms with E-state index in [4.69, 9.17) is 9.47 Å². The first kappa shape index (κ1) is 22.9. The van der Waals surface area contributed by atoms with E-state index >= 15 is 0 Å². The fourth-order valence-corrected chi connectivity index (χ4v) is 6.00. The van der Waals surface area contributed by atoms with E-state index in [9.17, 15) is 8.42 Å². The molecule has 0 aromatic heterocycles. The van der Waals surface area contributed by atoms with Crippen LogP contribution in [0.1, 0.15) is 36.4 Å². The van der Waals surface area contributed by atoms with Gasteiger partial charge in [0.1, 0.15) is 16.4 Å². The second kappa shape index (κ2) is 9.68. The van der Waals surface area contributed by atoms with Gasteiger partial charge in [0.15, 0.2) is 0 Å². The molecule has 4 rings (SSSR count). The van der Waals surface area contributed by atoms with Crippen LogP contribution in [-0.2, 0) is 16.4 Å². The molecule has 2 heterocycles. The van der Waals surface area contributed by atoms with Crippen LogP contribution in [0.5, 0.6) is 11.5 Å². The van der Waals surface area contributed by atoms with Gasteiger partial charge in [0.2, 0.25) is 10.0 Å². The van der Waals surface area contributed by atoms with E-state index in [-0.39, 0.29) is 10.9 Å². The van der Waals surface area contributed by atoms with E-state index in [1.165, 1.54) is 37.1 Å². The summed E-state index contributed by atoms with van der Waals surface area (Å²) in [5.74, 6) is 0.772. The molecule has 174 valence electrons. The summed E-state index contributed by atoms with van der Waals surface area (Å²) >= 11 is 0. The number of methoxy groups -OCH3 is 2. The maximum atomic E-state index is 13.2. The van der Waals surface area contributed by atoms with Gasteiger partial charge >= 0.3 is 0 Å². The normalized spacial score (nSPS) is 17.8. The standard InChI is InChI=1S/C24H33N3O4S/c1-26-12-6-7-18-15-19(8-10-21(18)26)22(27-13-4-5-14-27)17-25-32(28,29)24-16-20(30-2)9-11-23(24)31-3/h8-11,15-16,22,25H,4-7,12-14,17H2,1-3H3/t22-/m1/s1. The van der Waals surface area contributed by atoms with Crippen LogP contribution in [0.2, 0.25) is 0 Å². The molecule has 32 heavy (non-hydrogen) atoms. The molecule has 1 fully saturated rings. The predicted molar refractivity (Wildman–Crippen MR) is 126 cm³/mol. The number of hydrogen-bond donors (Lipinski definition) is 1. The fourth-order valence-electron chi connectivity index (χ4n) is 4.78. The first-order chi connectivity index (χ1) is 15.4. The average molecular weight is 460 g/mol. The Hall–Kier alpha value is -2.29. The second-order valence-electron chi connectivity index (χ2n) is 8.54. The minimum atomic E-state index is -3.78. The summed E-state index contributed by atoms with van der Waals surface area (Å²) in [6, 6.07) is 11.4. The van der Waals surface area contributed by atoms with Crippen LogP contribution in [0.25, 0.3) is 0 Å². The van der Waals surface area contributed by atoms with Crippen molar-refractivity contribution in [3.05, 3.63) is 47.5 Å². The first-order valence-electron chi connectivity index (χ1n) is 11.2. The Balaban J connectivity index is 1.61. The number of nitrogens with zero attached hydrogens (tertiary/aromatic N) is 2. The molecule has 0 saturated carbocycles. The smallest absolute Gasteiger partial charge is 0.244 e. The minimum Gasteiger partial charge on any atom is -0.497 e. The topological polar surface area (TPSA) is 71.1 Å². The number of aryl methyl sites for hydroxylation is 1. The van der Waals surface area contributed by atoms with Gasteiger partial charge in [-0.25, -0.2) is 13.1 Å². The van der Waals surface area contributed by atoms with Crippen molar-refractivity contribution >= 4 is 15.7 Å². The lowest BCUT2D eigenvalue weighted by atomic mass is 9.96. The molecule has 0 aliphatic carbocycles. The van der Waals surface area contributed by atoms with E-state index < -0.39 is 10.0 Å². The zero-order chi connectivity index (χ0) is 22.7. The molecule has 2 aliphatic heterocycles. The van der Waals surface area contributed by atoms with Crippen molar-refractivity contribution in [2.24, 2.45) is 0 Å². The highest BCUT2D eigenvalue weighted by Crippen LogP contribution is 2.33. The number of likely N-dealkylation sites (tertiary alicyclic amines) is 1. The Morgan fingerprint density at radius 3 is 2.50 bits per heavy atom. The Kier molecular flexibility index (Phi) is 6.93. The number of rotatable bonds is 8. The summed E-state index contributed by atoms with van der Waals surface area (Å²) in [7, 11) is 1.33. The molecular formula is C24H33N3O4S. The van der Waals surface area contributed by atoms with Crippen molar-refractivity contribution in [2.75, 3.05) is 52.3 Å². The van der Waals surface area contributed by atoms with E-state index in [2.05, 4.69) is 39.8 Å². The zero-order valence-electron chi connectivity index (χ0n) is 19.1. The quantitative estimate of drug-likeness (QED) is 0.654. The number of anilines is 1. The van der Waals surface area contributed by atoms with Crippen molar-refractivity contribution in [1.29, 1.82) is 0 Å². The van der Waals surface area contributed by atoms with Gasteiger partial charge in [-0.3, -0.25) is 4.90 Å². The summed E-state index contributed by atoms with van der Waals surface area (Å²) in [6.45, 7) is 3.33. The third-order valence-corrected chi connectivity index (χ3v) is 7.99. The largest absolute Gasteiger partial charge is 0.497 e. The van der Waals surface area contributed by atoms with Crippen molar-refractivity contribution in [3.63, 3.8) is 0 Å². The molecule has 0 bridgehead atoms. The molecule has 0 spiro atoms. The van der Waals surface area contributed by atoms with E-state index in [1.54, 1.807) is 12.1 Å². The third-order valence-electron chi connectivity index (χ3n) is 6.55. The number of sulfonamides is 1. The summed E-state index contributed by atoms with van der Waals surface area (Å²) in [6.07, 6.45) is 4.48.